The van der Waals surface area contributed by atoms with E-state index in [4.69, 9.17) is 5.10 Å². The van der Waals surface area contributed by atoms with Gasteiger partial charge in [0.05, 0.1) is 24.2 Å². The summed E-state index contributed by atoms with van der Waals surface area (Å²) < 4.78 is 0. The number of hydrazine groups is 1. The van der Waals surface area contributed by atoms with Crippen molar-refractivity contribution in [1.82, 2.24) is 15.4 Å². The predicted molar refractivity (Wildman–Crippen MR) is 134 cm³/mol. The van der Waals surface area contributed by atoms with Crippen LogP contribution < -0.4 is 5.43 Å². The first-order valence-electron chi connectivity index (χ1n) is 12.0. The summed E-state index contributed by atoms with van der Waals surface area (Å²) in [6, 6.07) is 27.1. The molecule has 4 atom stereocenters. The third kappa shape index (κ3) is 3.35. The average Bonchev–Trinajstić information content (AvgIpc) is 2.89. The summed E-state index contributed by atoms with van der Waals surface area (Å²) in [5.41, 5.74) is 9.39. The molecule has 170 valence electrons. The Morgan fingerprint density at radius 2 is 1.62 bits per heavy atom. The van der Waals surface area contributed by atoms with Crippen molar-refractivity contribution in [2.24, 2.45) is 11.0 Å². The maximum absolute atomic E-state index is 14.2. The molecule has 3 aromatic carbocycles. The van der Waals surface area contributed by atoms with Crippen molar-refractivity contribution in [3.05, 3.63) is 119 Å². The first-order valence-corrected chi connectivity index (χ1v) is 12.0. The molecule has 1 N–H and O–H groups in total. The number of hydrogen-bond acceptors (Lipinski definition) is 4. The highest BCUT2D eigenvalue weighted by Crippen LogP contribution is 2.50. The average molecular weight is 449 g/mol. The van der Waals surface area contributed by atoms with Crippen LogP contribution in [0.3, 0.4) is 0 Å². The van der Waals surface area contributed by atoms with Gasteiger partial charge in [0.25, 0.3) is 0 Å². The zero-order chi connectivity index (χ0) is 23.1. The summed E-state index contributed by atoms with van der Waals surface area (Å²) >= 11 is 0. The predicted octanol–water partition coefficient (Wildman–Crippen LogP) is 5.30. The third-order valence-electron chi connectivity index (χ3n) is 7.29. The van der Waals surface area contributed by atoms with E-state index >= 15 is 0 Å². The van der Waals surface area contributed by atoms with E-state index in [1.54, 1.807) is 0 Å². The van der Waals surface area contributed by atoms with Gasteiger partial charge < -0.3 is 0 Å². The summed E-state index contributed by atoms with van der Waals surface area (Å²) in [6.45, 7) is 3.94. The van der Waals surface area contributed by atoms with Gasteiger partial charge >= 0.3 is 0 Å². The van der Waals surface area contributed by atoms with Crippen LogP contribution >= 0.6 is 0 Å². The number of hydrazone groups is 1. The van der Waals surface area contributed by atoms with Crippen molar-refractivity contribution in [3.63, 3.8) is 0 Å². The molecule has 1 amide bonds. The van der Waals surface area contributed by atoms with Gasteiger partial charge in [-0.2, -0.15) is 5.10 Å². The molecule has 3 aromatic rings. The van der Waals surface area contributed by atoms with Gasteiger partial charge in [0.1, 0.15) is 0 Å². The minimum atomic E-state index is -0.285. The van der Waals surface area contributed by atoms with Gasteiger partial charge in [0.15, 0.2) is 6.17 Å². The minimum Gasteiger partial charge on any atom is -0.273 e. The van der Waals surface area contributed by atoms with Gasteiger partial charge in [-0.05, 0) is 41.5 Å². The molecule has 3 aliphatic rings. The molecule has 5 nitrogen and oxygen atoms in total. The maximum Gasteiger partial charge on any atom is 0.244 e. The number of nitrogens with zero attached hydrogens (tertiary/aromatic N) is 3. The standard InChI is InChI=1S/C29H28N4O/c1-2-10-26-23-15-8-9-16-24(23)28-32-27(22-14-7-6-13-21(22)19-30-32)25(29(34)33(28)31-26)18-17-20-11-4-3-5-12-20/h2-9,11-16,19,25-28,31H,1,10,17-18H2/t25-,26-,27-,28-/m0/s1. The number of fused-ring (bicyclic) bond motifs is 7. The molecule has 6 rings (SSSR count). The van der Waals surface area contributed by atoms with E-state index in [2.05, 4.69) is 83.7 Å². The minimum absolute atomic E-state index is 0.0151. The van der Waals surface area contributed by atoms with Crippen LogP contribution in [0.15, 0.2) is 96.6 Å². The molecule has 0 bridgehead atoms. The Morgan fingerprint density at radius 1 is 0.912 bits per heavy atom. The molecule has 0 saturated carbocycles. The van der Waals surface area contributed by atoms with Gasteiger partial charge in [-0.3, -0.25) is 9.80 Å². The Balaban J connectivity index is 1.45. The quantitative estimate of drug-likeness (QED) is 0.539. The van der Waals surface area contributed by atoms with Crippen LogP contribution in [0.4, 0.5) is 0 Å². The number of carbonyl (C=O) groups excluding carboxylic acids is 1. The van der Waals surface area contributed by atoms with E-state index in [9.17, 15) is 4.79 Å². The Labute approximate surface area is 200 Å². The topological polar surface area (TPSA) is 47.9 Å². The molecule has 0 spiro atoms. The van der Waals surface area contributed by atoms with Crippen molar-refractivity contribution >= 4 is 12.1 Å². The smallest absolute Gasteiger partial charge is 0.244 e. The van der Waals surface area contributed by atoms with Crippen LogP contribution in [-0.2, 0) is 11.2 Å². The van der Waals surface area contributed by atoms with Crippen molar-refractivity contribution in [1.29, 1.82) is 0 Å². The van der Waals surface area contributed by atoms with Gasteiger partial charge in [-0.1, -0.05) is 84.9 Å². The summed E-state index contributed by atoms with van der Waals surface area (Å²) in [5, 5.41) is 8.93. The molecular formula is C29H28N4O. The SMILES string of the molecule is C=CC[C@@H]1NN2C(=O)[C@@H](CCc3ccccc3)[C@@H]3c4ccccc4C=NN3[C@@H]2c2ccccc21. The second kappa shape index (κ2) is 8.58. The highest BCUT2D eigenvalue weighted by Gasteiger charge is 2.52. The van der Waals surface area contributed by atoms with Crippen molar-refractivity contribution < 1.29 is 4.79 Å². The molecule has 0 unspecified atom stereocenters. The molecule has 1 fully saturated rings. The Hall–Kier alpha value is -3.70. The summed E-state index contributed by atoms with van der Waals surface area (Å²) in [4.78, 5) is 14.2. The van der Waals surface area contributed by atoms with Crippen LogP contribution in [-0.4, -0.2) is 22.1 Å². The second-order valence-corrected chi connectivity index (χ2v) is 9.25. The molecule has 3 heterocycles. The molecular weight excluding hydrogens is 420 g/mol. The summed E-state index contributed by atoms with van der Waals surface area (Å²) in [6.07, 6.45) is 5.91. The van der Waals surface area contributed by atoms with E-state index in [0.717, 1.165) is 30.4 Å². The fourth-order valence-electron chi connectivity index (χ4n) is 5.72. The van der Waals surface area contributed by atoms with E-state index < -0.39 is 0 Å². The monoisotopic (exact) mass is 448 g/mol. The number of nitrogens with one attached hydrogen (secondary N) is 1. The maximum atomic E-state index is 14.2. The molecule has 0 radical (unpaired) electrons. The lowest BCUT2D eigenvalue weighted by Gasteiger charge is -2.54. The van der Waals surface area contributed by atoms with Crippen LogP contribution in [0.2, 0.25) is 0 Å². The molecule has 1 saturated heterocycles. The number of hydrogen-bond donors (Lipinski definition) is 1. The number of rotatable bonds is 5. The highest BCUT2D eigenvalue weighted by atomic mass is 16.2. The van der Waals surface area contributed by atoms with Crippen LogP contribution in [0.5, 0.6) is 0 Å². The molecule has 3 aliphatic heterocycles. The first kappa shape index (κ1) is 20.9. The molecule has 0 aliphatic carbocycles. The second-order valence-electron chi connectivity index (χ2n) is 9.25. The van der Waals surface area contributed by atoms with E-state index in [1.165, 1.54) is 16.7 Å². The number of carbonyl (C=O) groups is 1. The van der Waals surface area contributed by atoms with Crippen LogP contribution in [0.1, 0.15) is 58.9 Å². The third-order valence-corrected chi connectivity index (χ3v) is 7.29. The zero-order valence-corrected chi connectivity index (χ0v) is 19.0. The van der Waals surface area contributed by atoms with Crippen molar-refractivity contribution in [2.45, 2.75) is 37.5 Å². The lowest BCUT2D eigenvalue weighted by molar-refractivity contribution is -0.172. The first-order chi connectivity index (χ1) is 16.8. The van der Waals surface area contributed by atoms with Crippen LogP contribution in [0, 0.1) is 5.92 Å². The zero-order valence-electron chi connectivity index (χ0n) is 19.0. The Kier molecular flexibility index (Phi) is 5.27. The number of benzene rings is 3. The summed E-state index contributed by atoms with van der Waals surface area (Å²) in [5.74, 6) is -0.0742. The lowest BCUT2D eigenvalue weighted by Crippen LogP contribution is -2.62. The Bertz CT molecular complexity index is 1250. The summed E-state index contributed by atoms with van der Waals surface area (Å²) in [7, 11) is 0. The fourth-order valence-corrected chi connectivity index (χ4v) is 5.72. The molecule has 0 aromatic heterocycles. The number of aryl methyl sites for hydroxylation is 1. The van der Waals surface area contributed by atoms with E-state index in [0.29, 0.717) is 0 Å². The fraction of sp³-hybridized carbons (Fsp3) is 0.241. The van der Waals surface area contributed by atoms with Gasteiger partial charge in [0, 0.05) is 5.56 Å². The van der Waals surface area contributed by atoms with E-state index in [1.807, 2.05) is 29.4 Å². The molecule has 34 heavy (non-hydrogen) atoms. The number of amides is 1. The van der Waals surface area contributed by atoms with Crippen LogP contribution in [0.25, 0.3) is 0 Å². The highest BCUT2D eigenvalue weighted by molar-refractivity contribution is 5.86. The lowest BCUT2D eigenvalue weighted by atomic mass is 9.80. The van der Waals surface area contributed by atoms with Gasteiger partial charge in [0.2, 0.25) is 5.91 Å². The van der Waals surface area contributed by atoms with Gasteiger partial charge in [-0.25, -0.2) is 10.4 Å². The molecule has 5 heteroatoms. The van der Waals surface area contributed by atoms with Crippen molar-refractivity contribution in [3.8, 4) is 0 Å². The van der Waals surface area contributed by atoms with Gasteiger partial charge in [-0.15, -0.1) is 6.58 Å². The van der Waals surface area contributed by atoms with E-state index in [-0.39, 0.29) is 30.1 Å². The largest absolute Gasteiger partial charge is 0.273 e. The normalized spacial score (nSPS) is 24.6. The Morgan fingerprint density at radius 3 is 2.41 bits per heavy atom. The van der Waals surface area contributed by atoms with Crippen molar-refractivity contribution in [2.75, 3.05) is 0 Å².